The van der Waals surface area contributed by atoms with E-state index < -0.39 is 5.60 Å². The third-order valence-electron chi connectivity index (χ3n) is 2.91. The normalized spacial score (nSPS) is 45.6. The van der Waals surface area contributed by atoms with Crippen LogP contribution in [-0.2, 0) is 9.53 Å². The van der Waals surface area contributed by atoms with Crippen molar-refractivity contribution in [3.63, 3.8) is 0 Å². The van der Waals surface area contributed by atoms with Crippen molar-refractivity contribution in [1.82, 2.24) is 4.90 Å². The van der Waals surface area contributed by atoms with Crippen LogP contribution in [0.4, 0.5) is 0 Å². The monoisotopic (exact) mass is 325 g/mol. The highest BCUT2D eigenvalue weighted by atomic mass is 79.9. The Morgan fingerprint density at radius 3 is 2.64 bits per heavy atom. The molecule has 4 unspecified atom stereocenters. The smallest absolute Gasteiger partial charge is 0.257 e. The number of nitrogens with zero attached hydrogens (tertiary/aromatic N) is 1. The molecule has 4 atom stereocenters. The first kappa shape index (κ1) is 10.9. The number of fused-ring (bicyclic) bond motifs is 1. The summed E-state index contributed by atoms with van der Waals surface area (Å²) in [5, 5.41) is 0. The molecule has 2 fully saturated rings. The molecule has 0 spiro atoms. The Kier molecular flexibility index (Phi) is 2.69. The summed E-state index contributed by atoms with van der Waals surface area (Å²) in [6, 6.07) is 0. The second-order valence-corrected chi connectivity index (χ2v) is 6.52. The van der Waals surface area contributed by atoms with Crippen LogP contribution in [0.1, 0.15) is 12.8 Å². The molecule has 3 nitrogen and oxygen atoms in total. The molecule has 1 saturated heterocycles. The zero-order valence-electron chi connectivity index (χ0n) is 8.17. The van der Waals surface area contributed by atoms with Crippen LogP contribution < -0.4 is 0 Å². The van der Waals surface area contributed by atoms with Gasteiger partial charge in [-0.3, -0.25) is 4.79 Å². The Bertz CT molecular complexity index is 272. The summed E-state index contributed by atoms with van der Waals surface area (Å²) in [6.45, 7) is 0. The van der Waals surface area contributed by atoms with Crippen LogP contribution in [-0.4, -0.2) is 46.3 Å². The van der Waals surface area contributed by atoms with Crippen LogP contribution in [0.15, 0.2) is 0 Å². The topological polar surface area (TPSA) is 32.8 Å². The molecule has 0 aromatic heterocycles. The molecule has 1 heterocycles. The van der Waals surface area contributed by atoms with Gasteiger partial charge in [-0.05, 0) is 6.42 Å². The lowest BCUT2D eigenvalue weighted by Crippen LogP contribution is -2.44. The number of alkyl halides is 2. The Morgan fingerprint density at radius 2 is 2.07 bits per heavy atom. The first-order chi connectivity index (χ1) is 6.47. The molecule has 5 heteroatoms. The van der Waals surface area contributed by atoms with E-state index in [2.05, 4.69) is 31.9 Å². The van der Waals surface area contributed by atoms with Gasteiger partial charge in [0.25, 0.3) is 5.91 Å². The number of halogens is 2. The van der Waals surface area contributed by atoms with Gasteiger partial charge in [-0.15, -0.1) is 0 Å². The van der Waals surface area contributed by atoms with Gasteiger partial charge in [0.05, 0.1) is 6.10 Å². The summed E-state index contributed by atoms with van der Waals surface area (Å²) in [5.74, 6) is 0.103. The summed E-state index contributed by atoms with van der Waals surface area (Å²) < 4.78 is 5.58. The van der Waals surface area contributed by atoms with Gasteiger partial charge in [0.1, 0.15) is 0 Å². The highest BCUT2D eigenvalue weighted by molar-refractivity contribution is 9.12. The Morgan fingerprint density at radius 1 is 1.43 bits per heavy atom. The highest BCUT2D eigenvalue weighted by Crippen LogP contribution is 2.52. The molecule has 0 aromatic rings. The maximum Gasteiger partial charge on any atom is 0.257 e. The average molecular weight is 327 g/mol. The molecule has 0 bridgehead atoms. The van der Waals surface area contributed by atoms with Crippen molar-refractivity contribution in [3.05, 3.63) is 0 Å². The summed E-state index contributed by atoms with van der Waals surface area (Å²) in [4.78, 5) is 14.2. The van der Waals surface area contributed by atoms with Crippen LogP contribution in [0, 0.1) is 0 Å². The van der Waals surface area contributed by atoms with Crippen LogP contribution in [0.3, 0.4) is 0 Å². The molecule has 80 valence electrons. The fourth-order valence-electron chi connectivity index (χ4n) is 2.06. The van der Waals surface area contributed by atoms with Gasteiger partial charge in [0.15, 0.2) is 5.60 Å². The van der Waals surface area contributed by atoms with E-state index in [-0.39, 0.29) is 12.0 Å². The number of epoxide rings is 1. The molecule has 1 saturated carbocycles. The van der Waals surface area contributed by atoms with E-state index in [0.717, 1.165) is 12.8 Å². The molecule has 0 radical (unpaired) electrons. The SMILES string of the molecule is CN(C)C(=O)C12CC(Br)C(Br)CC1O2. The van der Waals surface area contributed by atoms with Crippen molar-refractivity contribution in [2.75, 3.05) is 14.1 Å². The van der Waals surface area contributed by atoms with E-state index in [9.17, 15) is 4.79 Å². The minimum absolute atomic E-state index is 0.103. The van der Waals surface area contributed by atoms with Crippen LogP contribution in [0.2, 0.25) is 0 Å². The number of likely N-dealkylation sites (N-methyl/N-ethyl adjacent to an activating group) is 1. The van der Waals surface area contributed by atoms with E-state index in [1.165, 1.54) is 0 Å². The van der Waals surface area contributed by atoms with Crippen molar-refractivity contribution in [2.24, 2.45) is 0 Å². The van der Waals surface area contributed by atoms with Crippen LogP contribution in [0.5, 0.6) is 0 Å². The quantitative estimate of drug-likeness (QED) is 0.541. The Hall–Kier alpha value is 0.390. The van der Waals surface area contributed by atoms with Crippen LogP contribution >= 0.6 is 31.9 Å². The van der Waals surface area contributed by atoms with Gasteiger partial charge in [-0.2, -0.15) is 0 Å². The second kappa shape index (κ2) is 3.46. The van der Waals surface area contributed by atoms with Crippen LogP contribution in [0.25, 0.3) is 0 Å². The first-order valence-electron chi connectivity index (χ1n) is 4.65. The average Bonchev–Trinajstić information content (AvgIpc) is 2.78. The lowest BCUT2D eigenvalue weighted by Gasteiger charge is -2.26. The molecular weight excluding hydrogens is 314 g/mol. The van der Waals surface area contributed by atoms with E-state index in [4.69, 9.17) is 4.74 Å². The first-order valence-corrected chi connectivity index (χ1v) is 6.48. The number of carbonyl (C=O) groups is 1. The molecular formula is C9H13Br2NO2. The van der Waals surface area contributed by atoms with Gasteiger partial charge in [0.2, 0.25) is 0 Å². The molecule has 2 aliphatic rings. The number of hydrogen-bond acceptors (Lipinski definition) is 2. The fraction of sp³-hybridized carbons (Fsp3) is 0.889. The summed E-state index contributed by atoms with van der Waals surface area (Å²) in [7, 11) is 3.55. The zero-order chi connectivity index (χ0) is 10.5. The maximum absolute atomic E-state index is 11.9. The summed E-state index contributed by atoms with van der Waals surface area (Å²) >= 11 is 7.15. The predicted octanol–water partition coefficient (Wildman–Crippen LogP) is 1.53. The minimum Gasteiger partial charge on any atom is -0.355 e. The van der Waals surface area contributed by atoms with E-state index in [1.54, 1.807) is 19.0 Å². The highest BCUT2D eigenvalue weighted by Gasteiger charge is 2.66. The lowest BCUT2D eigenvalue weighted by molar-refractivity contribution is -0.134. The lowest BCUT2D eigenvalue weighted by atomic mass is 9.88. The predicted molar refractivity (Wildman–Crippen MR) is 61.0 cm³/mol. The molecule has 0 N–H and O–H groups in total. The van der Waals surface area contributed by atoms with Gasteiger partial charge in [-0.1, -0.05) is 31.9 Å². The Labute approximate surface area is 100 Å². The molecule has 1 aliphatic carbocycles. The van der Waals surface area contributed by atoms with E-state index >= 15 is 0 Å². The van der Waals surface area contributed by atoms with Crippen molar-refractivity contribution in [1.29, 1.82) is 0 Å². The van der Waals surface area contributed by atoms with Gasteiger partial charge in [-0.25, -0.2) is 0 Å². The van der Waals surface area contributed by atoms with E-state index in [0.29, 0.717) is 9.65 Å². The number of amides is 1. The minimum atomic E-state index is -0.512. The molecule has 1 amide bonds. The standard InChI is InChI=1S/C9H13Br2NO2/c1-12(2)8(13)9-4-6(11)5(10)3-7(9)14-9/h5-7H,3-4H2,1-2H3. The largest absolute Gasteiger partial charge is 0.355 e. The van der Waals surface area contributed by atoms with Gasteiger partial charge in [0, 0.05) is 30.2 Å². The number of hydrogen-bond donors (Lipinski definition) is 0. The maximum atomic E-state index is 11.9. The third kappa shape index (κ3) is 1.53. The van der Waals surface area contributed by atoms with Gasteiger partial charge < -0.3 is 9.64 Å². The Balaban J connectivity index is 2.11. The number of carbonyl (C=O) groups excluding carboxylic acids is 1. The van der Waals surface area contributed by atoms with Crippen molar-refractivity contribution >= 4 is 37.8 Å². The number of ether oxygens (including phenoxy) is 1. The second-order valence-electron chi connectivity index (χ2n) is 4.17. The zero-order valence-corrected chi connectivity index (χ0v) is 11.3. The summed E-state index contributed by atoms with van der Waals surface area (Å²) in [6.07, 6.45) is 1.80. The number of rotatable bonds is 1. The van der Waals surface area contributed by atoms with Crippen molar-refractivity contribution in [3.8, 4) is 0 Å². The summed E-state index contributed by atoms with van der Waals surface area (Å²) in [5.41, 5.74) is -0.512. The van der Waals surface area contributed by atoms with E-state index in [1.807, 2.05) is 0 Å². The van der Waals surface area contributed by atoms with Crippen molar-refractivity contribution in [2.45, 2.75) is 34.2 Å². The molecule has 0 aromatic carbocycles. The van der Waals surface area contributed by atoms with Crippen molar-refractivity contribution < 1.29 is 9.53 Å². The third-order valence-corrected chi connectivity index (χ3v) is 5.60. The molecule has 1 aliphatic heterocycles. The molecule has 2 rings (SSSR count). The van der Waals surface area contributed by atoms with Gasteiger partial charge >= 0.3 is 0 Å². The fourth-order valence-corrected chi connectivity index (χ4v) is 3.28. The molecule has 14 heavy (non-hydrogen) atoms.